The highest BCUT2D eigenvalue weighted by Gasteiger charge is 2.40. The summed E-state index contributed by atoms with van der Waals surface area (Å²) in [5.74, 6) is 1.42. The van der Waals surface area contributed by atoms with Crippen LogP contribution in [0.1, 0.15) is 50.0 Å². The fourth-order valence-electron chi connectivity index (χ4n) is 3.37. The second-order valence-corrected chi connectivity index (χ2v) is 6.27. The van der Waals surface area contributed by atoms with Gasteiger partial charge in [0, 0.05) is 12.8 Å². The molecule has 1 heterocycles. The Labute approximate surface area is 120 Å². The van der Waals surface area contributed by atoms with E-state index in [0.29, 0.717) is 12.0 Å². The summed E-state index contributed by atoms with van der Waals surface area (Å²) in [6.07, 6.45) is 7.27. The lowest BCUT2D eigenvalue weighted by Crippen LogP contribution is -2.34. The lowest BCUT2D eigenvalue weighted by Gasteiger charge is -2.35. The zero-order valence-corrected chi connectivity index (χ0v) is 11.8. The van der Waals surface area contributed by atoms with Crippen LogP contribution < -0.4 is 4.74 Å². The largest absolute Gasteiger partial charge is 0.490 e. The molecular formula is C17H22O3. The third-order valence-corrected chi connectivity index (χ3v) is 4.74. The molecule has 3 heteroatoms. The van der Waals surface area contributed by atoms with Crippen molar-refractivity contribution in [3.8, 4) is 5.75 Å². The Hall–Kier alpha value is -1.06. The van der Waals surface area contributed by atoms with Crippen LogP contribution in [-0.4, -0.2) is 25.1 Å². The average Bonchev–Trinajstić information content (AvgIpc) is 3.19. The summed E-state index contributed by atoms with van der Waals surface area (Å²) in [5.41, 5.74) is 1.43. The van der Waals surface area contributed by atoms with Crippen LogP contribution in [0.5, 0.6) is 5.75 Å². The van der Waals surface area contributed by atoms with E-state index in [9.17, 15) is 0 Å². The zero-order chi connectivity index (χ0) is 13.4. The molecule has 1 saturated heterocycles. The molecule has 1 aliphatic heterocycles. The van der Waals surface area contributed by atoms with Crippen LogP contribution >= 0.6 is 0 Å². The molecule has 1 spiro atoms. The molecule has 0 bridgehead atoms. The smallest absolute Gasteiger partial charge is 0.168 e. The molecule has 0 atom stereocenters. The van der Waals surface area contributed by atoms with Gasteiger partial charge in [0.1, 0.15) is 5.75 Å². The van der Waals surface area contributed by atoms with Gasteiger partial charge in [-0.3, -0.25) is 0 Å². The normalized spacial score (nSPS) is 26.0. The van der Waals surface area contributed by atoms with Crippen LogP contribution in [0, 0.1) is 0 Å². The Morgan fingerprint density at radius 1 is 0.900 bits per heavy atom. The van der Waals surface area contributed by atoms with Crippen LogP contribution in [-0.2, 0) is 9.47 Å². The van der Waals surface area contributed by atoms with Gasteiger partial charge in [0.15, 0.2) is 5.79 Å². The summed E-state index contributed by atoms with van der Waals surface area (Å²) >= 11 is 0. The maximum absolute atomic E-state index is 5.80. The zero-order valence-electron chi connectivity index (χ0n) is 11.8. The Bertz CT molecular complexity index is 448. The molecule has 0 unspecified atom stereocenters. The van der Waals surface area contributed by atoms with E-state index in [4.69, 9.17) is 14.2 Å². The number of rotatable bonds is 3. The van der Waals surface area contributed by atoms with Crippen LogP contribution in [0.15, 0.2) is 24.3 Å². The summed E-state index contributed by atoms with van der Waals surface area (Å²) in [5, 5.41) is 0. The average molecular weight is 274 g/mol. The first-order chi connectivity index (χ1) is 9.83. The van der Waals surface area contributed by atoms with Crippen molar-refractivity contribution in [3.63, 3.8) is 0 Å². The van der Waals surface area contributed by atoms with Crippen molar-refractivity contribution in [2.75, 3.05) is 13.2 Å². The van der Waals surface area contributed by atoms with Gasteiger partial charge in [-0.15, -0.1) is 0 Å². The van der Waals surface area contributed by atoms with Gasteiger partial charge in [-0.25, -0.2) is 0 Å². The molecule has 3 aliphatic rings. The minimum Gasteiger partial charge on any atom is -0.490 e. The van der Waals surface area contributed by atoms with Crippen molar-refractivity contribution >= 4 is 0 Å². The first-order valence-electron chi connectivity index (χ1n) is 7.88. The van der Waals surface area contributed by atoms with Crippen molar-refractivity contribution in [2.45, 2.75) is 56.3 Å². The van der Waals surface area contributed by atoms with Crippen LogP contribution in [0.4, 0.5) is 0 Å². The summed E-state index contributed by atoms with van der Waals surface area (Å²) < 4.78 is 17.4. The molecule has 2 aliphatic carbocycles. The van der Waals surface area contributed by atoms with Crippen LogP contribution in [0.3, 0.4) is 0 Å². The Morgan fingerprint density at radius 2 is 1.55 bits per heavy atom. The summed E-state index contributed by atoms with van der Waals surface area (Å²) in [4.78, 5) is 0. The monoisotopic (exact) mass is 274 g/mol. The molecule has 0 N–H and O–H groups in total. The SMILES string of the molecule is c1cc(C2CCC3(CC2)OCCO3)ccc1OC1CC1. The van der Waals surface area contributed by atoms with Gasteiger partial charge in [-0.1, -0.05) is 12.1 Å². The second-order valence-electron chi connectivity index (χ2n) is 6.27. The van der Waals surface area contributed by atoms with E-state index in [1.165, 1.54) is 18.4 Å². The van der Waals surface area contributed by atoms with E-state index in [1.807, 2.05) is 0 Å². The molecule has 0 aromatic heterocycles. The van der Waals surface area contributed by atoms with Crippen molar-refractivity contribution in [1.82, 2.24) is 0 Å². The third-order valence-electron chi connectivity index (χ3n) is 4.74. The highest BCUT2D eigenvalue weighted by atomic mass is 16.7. The first kappa shape index (κ1) is 12.7. The lowest BCUT2D eigenvalue weighted by molar-refractivity contribution is -0.178. The highest BCUT2D eigenvalue weighted by Crippen LogP contribution is 2.42. The lowest BCUT2D eigenvalue weighted by atomic mass is 9.81. The predicted octanol–water partition coefficient (Wildman–Crippen LogP) is 3.63. The van der Waals surface area contributed by atoms with Gasteiger partial charge in [0.2, 0.25) is 0 Å². The predicted molar refractivity (Wildman–Crippen MR) is 75.9 cm³/mol. The van der Waals surface area contributed by atoms with Crippen LogP contribution in [0.25, 0.3) is 0 Å². The third kappa shape index (κ3) is 2.57. The van der Waals surface area contributed by atoms with Crippen LogP contribution in [0.2, 0.25) is 0 Å². The van der Waals surface area contributed by atoms with E-state index in [1.54, 1.807) is 0 Å². The molecule has 1 aromatic rings. The number of hydrogen-bond acceptors (Lipinski definition) is 3. The summed E-state index contributed by atoms with van der Waals surface area (Å²) in [6.45, 7) is 1.52. The molecular weight excluding hydrogens is 252 g/mol. The number of ether oxygens (including phenoxy) is 3. The first-order valence-corrected chi connectivity index (χ1v) is 7.88. The number of hydrogen-bond donors (Lipinski definition) is 0. The fourth-order valence-corrected chi connectivity index (χ4v) is 3.37. The van der Waals surface area contributed by atoms with E-state index < -0.39 is 0 Å². The van der Waals surface area contributed by atoms with E-state index in [2.05, 4.69) is 24.3 Å². The summed E-state index contributed by atoms with van der Waals surface area (Å²) in [7, 11) is 0. The van der Waals surface area contributed by atoms with Gasteiger partial charge in [-0.05, 0) is 49.3 Å². The summed E-state index contributed by atoms with van der Waals surface area (Å²) in [6, 6.07) is 8.72. The minimum absolute atomic E-state index is 0.245. The van der Waals surface area contributed by atoms with E-state index >= 15 is 0 Å². The molecule has 2 saturated carbocycles. The van der Waals surface area contributed by atoms with Crippen molar-refractivity contribution in [2.24, 2.45) is 0 Å². The fraction of sp³-hybridized carbons (Fsp3) is 0.647. The van der Waals surface area contributed by atoms with Gasteiger partial charge in [0.25, 0.3) is 0 Å². The Kier molecular flexibility index (Phi) is 3.20. The van der Waals surface area contributed by atoms with Gasteiger partial charge >= 0.3 is 0 Å². The van der Waals surface area contributed by atoms with Crippen molar-refractivity contribution in [1.29, 1.82) is 0 Å². The minimum atomic E-state index is -0.245. The van der Waals surface area contributed by atoms with Crippen molar-refractivity contribution < 1.29 is 14.2 Å². The van der Waals surface area contributed by atoms with Gasteiger partial charge in [-0.2, -0.15) is 0 Å². The molecule has 3 nitrogen and oxygen atoms in total. The molecule has 4 rings (SSSR count). The van der Waals surface area contributed by atoms with E-state index in [0.717, 1.165) is 44.6 Å². The maximum atomic E-state index is 5.80. The highest BCUT2D eigenvalue weighted by molar-refractivity contribution is 5.30. The maximum Gasteiger partial charge on any atom is 0.168 e. The molecule has 20 heavy (non-hydrogen) atoms. The van der Waals surface area contributed by atoms with Crippen molar-refractivity contribution in [3.05, 3.63) is 29.8 Å². The number of benzene rings is 1. The topological polar surface area (TPSA) is 27.7 Å². The van der Waals surface area contributed by atoms with Gasteiger partial charge < -0.3 is 14.2 Å². The molecule has 0 radical (unpaired) electrons. The second kappa shape index (κ2) is 5.05. The standard InChI is InChI=1S/C17H22O3/c1-3-15(20-16-5-6-16)4-2-13(1)14-7-9-17(10-8-14)18-11-12-19-17/h1-4,14,16H,5-12H2. The quantitative estimate of drug-likeness (QED) is 0.842. The Balaban J connectivity index is 1.38. The molecule has 1 aromatic carbocycles. The van der Waals surface area contributed by atoms with Gasteiger partial charge in [0.05, 0.1) is 19.3 Å². The molecule has 0 amide bonds. The Morgan fingerprint density at radius 3 is 2.15 bits per heavy atom. The molecule has 108 valence electrons. The van der Waals surface area contributed by atoms with E-state index in [-0.39, 0.29) is 5.79 Å². The molecule has 3 fully saturated rings.